The maximum atomic E-state index is 15.1. The Morgan fingerprint density at radius 2 is 1.67 bits per heavy atom. The summed E-state index contributed by atoms with van der Waals surface area (Å²) in [5.74, 6) is 0.189. The maximum Gasteiger partial charge on any atom is 0.415 e. The fourth-order valence-electron chi connectivity index (χ4n) is 7.59. The Morgan fingerprint density at radius 3 is 2.31 bits per heavy atom. The number of rotatable bonds is 12. The zero-order valence-electron chi connectivity index (χ0n) is 29.9. The van der Waals surface area contributed by atoms with Crippen molar-refractivity contribution in [1.29, 1.82) is 0 Å². The first-order chi connectivity index (χ1) is 26.1. The van der Waals surface area contributed by atoms with E-state index in [1.54, 1.807) is 67.8 Å². The number of halogens is 3. The lowest BCUT2D eigenvalue weighted by atomic mass is 9.86. The van der Waals surface area contributed by atoms with Crippen LogP contribution in [0.25, 0.3) is 0 Å². The summed E-state index contributed by atoms with van der Waals surface area (Å²) in [5, 5.41) is 12.3. The molecule has 2 atom stereocenters. The van der Waals surface area contributed by atoms with Gasteiger partial charge >= 0.3 is 12.1 Å². The van der Waals surface area contributed by atoms with Gasteiger partial charge in [0.1, 0.15) is 28.1 Å². The molecule has 10 nitrogen and oxygen atoms in total. The van der Waals surface area contributed by atoms with Crippen molar-refractivity contribution >= 4 is 41.0 Å². The van der Waals surface area contributed by atoms with Crippen LogP contribution in [0.1, 0.15) is 71.7 Å². The van der Waals surface area contributed by atoms with Crippen LogP contribution in [-0.4, -0.2) is 55.9 Å². The molecule has 0 unspecified atom stereocenters. The van der Waals surface area contributed by atoms with Gasteiger partial charge in [-0.25, -0.2) is 14.0 Å². The van der Waals surface area contributed by atoms with E-state index in [1.165, 1.54) is 23.4 Å². The predicted octanol–water partition coefficient (Wildman–Crippen LogP) is 8.47. The van der Waals surface area contributed by atoms with Gasteiger partial charge in [0.25, 0.3) is 0 Å². The first-order valence-electron chi connectivity index (χ1n) is 18.3. The number of carbonyl (C=O) groups is 2. The van der Waals surface area contributed by atoms with Crippen molar-refractivity contribution in [3.63, 3.8) is 0 Å². The van der Waals surface area contributed by atoms with Crippen molar-refractivity contribution in [1.82, 2.24) is 4.90 Å². The summed E-state index contributed by atoms with van der Waals surface area (Å²) < 4.78 is 39.7. The quantitative estimate of drug-likeness (QED) is 0.0802. The van der Waals surface area contributed by atoms with E-state index in [0.29, 0.717) is 39.5 Å². The SMILES string of the molecule is COc1ccc([C@H](Cc2c(Cl)c[n+]([O-])cc2Cl)OC(=O)c2ccc(CN(C(=O)O[C@H]3CN4CCC3CC4)c3ccccc3F)cc2)cc1OC1CCCC1. The van der Waals surface area contributed by atoms with Gasteiger partial charge in [0, 0.05) is 18.5 Å². The number of carbonyl (C=O) groups excluding carboxylic acids is 2. The van der Waals surface area contributed by atoms with Crippen molar-refractivity contribution in [2.45, 2.75) is 69.8 Å². The topological polar surface area (TPSA) is 104 Å². The van der Waals surface area contributed by atoms with E-state index in [4.69, 9.17) is 42.1 Å². The number of amides is 1. The highest BCUT2D eigenvalue weighted by molar-refractivity contribution is 6.35. The number of piperidine rings is 3. The van der Waals surface area contributed by atoms with Crippen molar-refractivity contribution in [3.8, 4) is 11.5 Å². The summed E-state index contributed by atoms with van der Waals surface area (Å²) in [5.41, 5.74) is 2.05. The molecule has 1 amide bonds. The largest absolute Gasteiger partial charge is 0.619 e. The first kappa shape index (κ1) is 37.7. The smallest absolute Gasteiger partial charge is 0.415 e. The molecule has 4 aromatic rings. The zero-order valence-corrected chi connectivity index (χ0v) is 31.4. The van der Waals surface area contributed by atoms with Crippen LogP contribution >= 0.6 is 23.2 Å². The molecule has 4 aliphatic rings. The second-order valence-corrected chi connectivity index (χ2v) is 14.9. The highest BCUT2D eigenvalue weighted by Gasteiger charge is 2.38. The molecule has 0 N–H and O–H groups in total. The predicted molar refractivity (Wildman–Crippen MR) is 202 cm³/mol. The summed E-state index contributed by atoms with van der Waals surface area (Å²) in [4.78, 5) is 31.0. The Labute approximate surface area is 323 Å². The number of anilines is 1. The van der Waals surface area contributed by atoms with Crippen LogP contribution in [0, 0.1) is 16.9 Å². The van der Waals surface area contributed by atoms with Gasteiger partial charge in [0.15, 0.2) is 23.9 Å². The number of aromatic nitrogens is 1. The number of methoxy groups -OCH3 is 1. The minimum absolute atomic E-state index is 0.0131. The van der Waals surface area contributed by atoms with Crippen LogP contribution in [0.5, 0.6) is 11.5 Å². The number of esters is 1. The molecule has 1 aromatic heterocycles. The molecule has 2 bridgehead atoms. The molecule has 3 aromatic carbocycles. The van der Waals surface area contributed by atoms with Crippen molar-refractivity contribution < 1.29 is 37.7 Å². The van der Waals surface area contributed by atoms with E-state index >= 15 is 4.39 Å². The minimum Gasteiger partial charge on any atom is -0.619 e. The minimum atomic E-state index is -0.885. The van der Waals surface area contributed by atoms with Crippen LogP contribution in [0.2, 0.25) is 10.0 Å². The number of nitrogens with zero attached hydrogens (tertiary/aromatic N) is 3. The van der Waals surface area contributed by atoms with Crippen molar-refractivity contribution in [3.05, 3.63) is 122 Å². The van der Waals surface area contributed by atoms with Crippen LogP contribution in [0.15, 0.2) is 79.1 Å². The molecule has 0 spiro atoms. The second-order valence-electron chi connectivity index (χ2n) is 14.1. The van der Waals surface area contributed by atoms with E-state index in [2.05, 4.69) is 4.90 Å². The third-order valence-electron chi connectivity index (χ3n) is 10.6. The Balaban J connectivity index is 1.11. The monoisotopic (exact) mass is 777 g/mol. The van der Waals surface area contributed by atoms with Gasteiger partial charge in [-0.3, -0.25) is 9.80 Å². The molecule has 1 aliphatic carbocycles. The summed E-state index contributed by atoms with van der Waals surface area (Å²) >= 11 is 12.9. The third-order valence-corrected chi connectivity index (χ3v) is 11.2. The second kappa shape index (κ2) is 16.8. The molecule has 284 valence electrons. The fourth-order valence-corrected chi connectivity index (χ4v) is 8.19. The molecular weight excluding hydrogens is 736 g/mol. The molecule has 1 saturated carbocycles. The van der Waals surface area contributed by atoms with Gasteiger partial charge in [-0.1, -0.05) is 53.5 Å². The number of ether oxygens (including phenoxy) is 4. The molecule has 3 aliphatic heterocycles. The number of hydrogen-bond donors (Lipinski definition) is 0. The molecule has 0 radical (unpaired) electrons. The number of fused-ring (bicyclic) bond motifs is 3. The number of pyridine rings is 1. The lowest BCUT2D eigenvalue weighted by Crippen LogP contribution is -2.53. The highest BCUT2D eigenvalue weighted by Crippen LogP contribution is 2.38. The Hall–Kier alpha value is -4.58. The number of hydrogen-bond acceptors (Lipinski definition) is 8. The number of benzene rings is 3. The van der Waals surface area contributed by atoms with Crippen molar-refractivity contribution in [2.75, 3.05) is 31.6 Å². The molecule has 4 fully saturated rings. The van der Waals surface area contributed by atoms with E-state index in [-0.39, 0.29) is 52.4 Å². The first-order valence-corrected chi connectivity index (χ1v) is 19.1. The third kappa shape index (κ3) is 8.69. The molecular formula is C41H42Cl2FN3O7. The summed E-state index contributed by atoms with van der Waals surface area (Å²) in [6, 6.07) is 18.0. The zero-order chi connectivity index (χ0) is 37.8. The lowest BCUT2D eigenvalue weighted by molar-refractivity contribution is -0.605. The van der Waals surface area contributed by atoms with Gasteiger partial charge < -0.3 is 24.2 Å². The van der Waals surface area contributed by atoms with Gasteiger partial charge in [0.2, 0.25) is 0 Å². The van der Waals surface area contributed by atoms with Crippen LogP contribution in [0.4, 0.5) is 14.9 Å². The lowest BCUT2D eigenvalue weighted by Gasteiger charge is -2.44. The van der Waals surface area contributed by atoms with Gasteiger partial charge in [-0.2, -0.15) is 4.73 Å². The summed E-state index contributed by atoms with van der Waals surface area (Å²) in [7, 11) is 1.57. The standard InChI is InChI=1S/C41H42Cl2FN3O7/c1-51-36-15-14-29(20-38(36)52-30-6-2-3-7-30)37(21-31-32(42)23-46(50)24-33(31)43)53-40(48)28-12-10-26(11-13-28)22-47(35-9-5-4-8-34(35)44)41(49)54-39-25-45-18-16-27(39)17-19-45/h4-5,8-15,20,23-24,27,30,37,39H,2-3,6-7,16-19,21-22,25H2,1H3/t37-,39-/m0/s1. The molecule has 54 heavy (non-hydrogen) atoms. The van der Waals surface area contributed by atoms with Gasteiger partial charge in [-0.15, -0.1) is 0 Å². The molecule has 4 heterocycles. The van der Waals surface area contributed by atoms with E-state index < -0.39 is 24.0 Å². The summed E-state index contributed by atoms with van der Waals surface area (Å²) in [6.07, 6.45) is 6.72. The Bertz CT molecular complexity index is 1950. The van der Waals surface area contributed by atoms with Gasteiger partial charge in [-0.05, 0) is 105 Å². The maximum absolute atomic E-state index is 15.1. The van der Waals surface area contributed by atoms with E-state index in [9.17, 15) is 14.8 Å². The van der Waals surface area contributed by atoms with E-state index in [0.717, 1.165) is 51.6 Å². The molecule has 3 saturated heterocycles. The van der Waals surface area contributed by atoms with Crippen LogP contribution in [0.3, 0.4) is 0 Å². The average Bonchev–Trinajstić information content (AvgIpc) is 3.69. The van der Waals surface area contributed by atoms with Crippen LogP contribution in [-0.2, 0) is 22.4 Å². The summed E-state index contributed by atoms with van der Waals surface area (Å²) in [6.45, 7) is 2.68. The van der Waals surface area contributed by atoms with Crippen molar-refractivity contribution in [2.24, 2.45) is 5.92 Å². The van der Waals surface area contributed by atoms with Crippen LogP contribution < -0.4 is 19.1 Å². The normalized spacial score (nSPS) is 20.0. The molecule has 13 heteroatoms. The molecule has 8 rings (SSSR count). The highest BCUT2D eigenvalue weighted by atomic mass is 35.5. The number of para-hydroxylation sites is 1. The Morgan fingerprint density at radius 1 is 0.963 bits per heavy atom. The van der Waals surface area contributed by atoms with E-state index in [1.807, 2.05) is 0 Å². The van der Waals surface area contributed by atoms with Gasteiger partial charge in [0.05, 0.1) is 31.0 Å². The fraction of sp³-hybridized carbons (Fsp3) is 0.390. The Kier molecular flexibility index (Phi) is 11.8. The average molecular weight is 779 g/mol.